The molecule has 1 rings (SSSR count). The van der Waals surface area contributed by atoms with Gasteiger partial charge < -0.3 is 11.3 Å². The van der Waals surface area contributed by atoms with Gasteiger partial charge in [-0.1, -0.05) is 0 Å². The van der Waals surface area contributed by atoms with Crippen LogP contribution in [0.25, 0.3) is 0 Å². The average Bonchev–Trinajstić information content (AvgIpc) is 1.97. The quantitative estimate of drug-likeness (QED) is 0.565. The van der Waals surface area contributed by atoms with E-state index in [9.17, 15) is 21.9 Å². The highest BCUT2D eigenvalue weighted by molar-refractivity contribution is 7.86. The van der Waals surface area contributed by atoms with Gasteiger partial charge in [0, 0.05) is 0 Å². The molecule has 8 nitrogen and oxygen atoms in total. The lowest BCUT2D eigenvalue weighted by molar-refractivity contribution is 0.441. The molecule has 0 saturated carbocycles. The maximum atomic E-state index is 10.8. The van der Waals surface area contributed by atoms with Gasteiger partial charge in [-0.2, -0.15) is 16.8 Å². The minimum atomic E-state index is -4.76. The van der Waals surface area contributed by atoms with Crippen molar-refractivity contribution in [1.29, 1.82) is 0 Å². The molecule has 6 N–H and O–H groups in total. The molecule has 0 atom stereocenters. The minimum absolute atomic E-state index is 0. The van der Waals surface area contributed by atoms with Crippen LogP contribution in [0.3, 0.4) is 0 Å². The van der Waals surface area contributed by atoms with E-state index in [2.05, 4.69) is 0 Å². The van der Waals surface area contributed by atoms with E-state index >= 15 is 0 Å². The van der Waals surface area contributed by atoms with E-state index in [1.807, 2.05) is 0 Å². The van der Waals surface area contributed by atoms with Crippen molar-refractivity contribution in [2.75, 3.05) is 0 Å². The van der Waals surface area contributed by atoms with Crippen LogP contribution in [0.4, 0.5) is 0 Å². The van der Waals surface area contributed by atoms with Crippen molar-refractivity contribution >= 4 is 20.2 Å². The van der Waals surface area contributed by atoms with Gasteiger partial charge >= 0.3 is 0 Å². The molecule has 0 fully saturated rings. The summed E-state index contributed by atoms with van der Waals surface area (Å²) in [4.78, 5) is -1.68. The number of rotatable bonds is 2. The number of phenolic OH excluding ortho intramolecular Hbond substituents is 1. The van der Waals surface area contributed by atoms with Gasteiger partial charge in [-0.3, -0.25) is 9.11 Å². The monoisotopic (exact) mass is 285 g/mol. The summed E-state index contributed by atoms with van der Waals surface area (Å²) < 4.78 is 60.7. The number of phenols is 1. The Morgan fingerprint density at radius 3 is 1.71 bits per heavy atom. The van der Waals surface area contributed by atoms with Crippen molar-refractivity contribution in [1.82, 2.24) is 6.15 Å². The third-order valence-electron chi connectivity index (χ3n) is 1.81. The van der Waals surface area contributed by atoms with Gasteiger partial charge in [-0.15, -0.1) is 0 Å². The molecular formula is C7H11NO7S2. The SMILES string of the molecule is Cc1cc(O)c(S(=O)(=O)O)cc1S(=O)(=O)O.N. The summed E-state index contributed by atoms with van der Waals surface area (Å²) in [6.45, 7) is 1.25. The summed E-state index contributed by atoms with van der Waals surface area (Å²) in [5.74, 6) is -0.799. The van der Waals surface area contributed by atoms with Gasteiger partial charge in [0.25, 0.3) is 20.2 Å². The van der Waals surface area contributed by atoms with Gasteiger partial charge in [-0.25, -0.2) is 0 Å². The Bertz CT molecular complexity index is 579. The topological polar surface area (TPSA) is 164 Å². The summed E-state index contributed by atoms with van der Waals surface area (Å²) in [5, 5.41) is 9.20. The van der Waals surface area contributed by atoms with Crippen molar-refractivity contribution in [3.63, 3.8) is 0 Å². The number of benzene rings is 1. The molecule has 0 heterocycles. The number of aromatic hydroxyl groups is 1. The Labute approximate surface area is 98.0 Å². The van der Waals surface area contributed by atoms with Crippen molar-refractivity contribution in [2.24, 2.45) is 0 Å². The standard InChI is InChI=1S/C7H8O7S2.H3N/c1-4-2-5(8)7(16(12,13)14)3-6(4)15(9,10)11;/h2-3,8H,1H3,(H,9,10,11)(H,12,13,14);1H3. The Morgan fingerprint density at radius 1 is 0.941 bits per heavy atom. The largest absolute Gasteiger partial charge is 0.506 e. The Hall–Kier alpha value is -1.20. The lowest BCUT2D eigenvalue weighted by Crippen LogP contribution is -2.05. The maximum Gasteiger partial charge on any atom is 0.298 e. The highest BCUT2D eigenvalue weighted by Gasteiger charge is 2.22. The van der Waals surface area contributed by atoms with Crippen LogP contribution in [0.5, 0.6) is 5.75 Å². The van der Waals surface area contributed by atoms with E-state index in [1.54, 1.807) is 0 Å². The van der Waals surface area contributed by atoms with Crippen molar-refractivity contribution < 1.29 is 31.0 Å². The fourth-order valence-electron chi connectivity index (χ4n) is 1.14. The first-order valence-electron chi connectivity index (χ1n) is 3.82. The smallest absolute Gasteiger partial charge is 0.298 e. The van der Waals surface area contributed by atoms with Crippen LogP contribution in [0, 0.1) is 6.92 Å². The molecule has 10 heteroatoms. The number of hydrogen-bond acceptors (Lipinski definition) is 6. The van der Waals surface area contributed by atoms with Crippen LogP contribution in [0.1, 0.15) is 5.56 Å². The highest BCUT2D eigenvalue weighted by Crippen LogP contribution is 2.28. The molecule has 0 aromatic heterocycles. The van der Waals surface area contributed by atoms with Crippen LogP contribution < -0.4 is 6.15 Å². The van der Waals surface area contributed by atoms with Crippen LogP contribution in [-0.4, -0.2) is 31.0 Å². The molecule has 1 aromatic carbocycles. The number of hydrogen-bond donors (Lipinski definition) is 4. The minimum Gasteiger partial charge on any atom is -0.506 e. The van der Waals surface area contributed by atoms with Crippen LogP contribution in [0.2, 0.25) is 0 Å². The summed E-state index contributed by atoms with van der Waals surface area (Å²) in [7, 11) is -9.38. The molecule has 98 valence electrons. The summed E-state index contributed by atoms with van der Waals surface area (Å²) in [5.41, 5.74) is -0.0487. The summed E-state index contributed by atoms with van der Waals surface area (Å²) in [6, 6.07) is 1.29. The first-order chi connectivity index (χ1) is 7.03. The molecule has 0 bridgehead atoms. The molecule has 0 radical (unpaired) electrons. The second-order valence-corrected chi connectivity index (χ2v) is 5.82. The molecule has 0 aliphatic heterocycles. The maximum absolute atomic E-state index is 10.8. The zero-order valence-corrected chi connectivity index (χ0v) is 10.3. The molecule has 0 amide bonds. The first kappa shape index (κ1) is 15.8. The van der Waals surface area contributed by atoms with E-state index in [0.29, 0.717) is 6.07 Å². The molecule has 0 aliphatic rings. The van der Waals surface area contributed by atoms with Crippen LogP contribution >= 0.6 is 0 Å². The van der Waals surface area contributed by atoms with Gasteiger partial charge in [-0.05, 0) is 24.6 Å². The van der Waals surface area contributed by atoms with Crippen LogP contribution in [-0.2, 0) is 20.2 Å². The molecule has 0 spiro atoms. The molecule has 1 aromatic rings. The van der Waals surface area contributed by atoms with Gasteiger partial charge in [0.2, 0.25) is 0 Å². The van der Waals surface area contributed by atoms with Crippen molar-refractivity contribution in [3.8, 4) is 5.75 Å². The van der Waals surface area contributed by atoms with E-state index in [4.69, 9.17) is 9.11 Å². The predicted octanol–water partition coefficient (Wildman–Crippen LogP) is 0.356. The van der Waals surface area contributed by atoms with E-state index in [-0.39, 0.29) is 11.7 Å². The average molecular weight is 285 g/mol. The third-order valence-corrected chi connectivity index (χ3v) is 3.69. The molecule has 0 unspecified atom stereocenters. The first-order valence-corrected chi connectivity index (χ1v) is 6.70. The Kier molecular flexibility index (Phi) is 4.26. The fraction of sp³-hybridized carbons (Fsp3) is 0.143. The van der Waals surface area contributed by atoms with Gasteiger partial charge in [0.15, 0.2) is 0 Å². The van der Waals surface area contributed by atoms with E-state index < -0.39 is 35.8 Å². The normalized spacial score (nSPS) is 11.9. The van der Waals surface area contributed by atoms with Crippen molar-refractivity contribution in [2.45, 2.75) is 16.7 Å². The lowest BCUT2D eigenvalue weighted by Gasteiger charge is -2.06. The predicted molar refractivity (Wildman–Crippen MR) is 57.5 cm³/mol. The third kappa shape index (κ3) is 3.38. The summed E-state index contributed by atoms with van der Waals surface area (Å²) >= 11 is 0. The van der Waals surface area contributed by atoms with Crippen molar-refractivity contribution in [3.05, 3.63) is 17.7 Å². The molecule has 0 aliphatic carbocycles. The zero-order chi connectivity index (χ0) is 12.7. The van der Waals surface area contributed by atoms with Crippen LogP contribution in [0.15, 0.2) is 21.9 Å². The highest BCUT2D eigenvalue weighted by atomic mass is 32.2. The summed E-state index contributed by atoms with van der Waals surface area (Å²) in [6.07, 6.45) is 0. The zero-order valence-electron chi connectivity index (χ0n) is 8.65. The van der Waals surface area contributed by atoms with E-state index in [0.717, 1.165) is 6.07 Å². The van der Waals surface area contributed by atoms with E-state index in [1.165, 1.54) is 6.92 Å². The van der Waals surface area contributed by atoms with Gasteiger partial charge in [0.1, 0.15) is 10.6 Å². The number of aryl methyl sites for hydroxylation is 1. The Balaban J connectivity index is 0.00000256. The Morgan fingerprint density at radius 2 is 1.35 bits per heavy atom. The second kappa shape index (κ2) is 4.58. The fourth-order valence-corrected chi connectivity index (χ4v) is 2.54. The van der Waals surface area contributed by atoms with Gasteiger partial charge in [0.05, 0.1) is 4.90 Å². The molecular weight excluding hydrogens is 274 g/mol. The second-order valence-electron chi connectivity index (χ2n) is 3.04. The molecule has 0 saturated heterocycles. The molecule has 17 heavy (non-hydrogen) atoms. The lowest BCUT2D eigenvalue weighted by atomic mass is 10.2.